The maximum Gasteiger partial charge on any atom is 0.335 e. The van der Waals surface area contributed by atoms with Crippen LogP contribution in [0.3, 0.4) is 0 Å². The number of nitrogens with one attached hydrogen (secondary N) is 1. The molecule has 7 heteroatoms. The molecule has 0 aliphatic heterocycles. The summed E-state index contributed by atoms with van der Waals surface area (Å²) in [6.07, 6.45) is 0. The minimum atomic E-state index is -1.10. The van der Waals surface area contributed by atoms with E-state index in [1.54, 1.807) is 18.2 Å². The van der Waals surface area contributed by atoms with Gasteiger partial charge in [-0.3, -0.25) is 4.79 Å². The van der Waals surface area contributed by atoms with Gasteiger partial charge < -0.3 is 19.6 Å². The van der Waals surface area contributed by atoms with Crippen LogP contribution in [0.2, 0.25) is 0 Å². The number of para-hydroxylation sites is 1. The zero-order chi connectivity index (χ0) is 18.0. The van der Waals surface area contributed by atoms with Crippen LogP contribution in [0.5, 0.6) is 11.5 Å². The van der Waals surface area contributed by atoms with Crippen LogP contribution in [0.15, 0.2) is 41.2 Å². The number of methoxy groups -OCH3 is 1. The molecule has 0 saturated heterocycles. The van der Waals surface area contributed by atoms with Crippen molar-refractivity contribution in [3.8, 4) is 22.9 Å². The van der Waals surface area contributed by atoms with Crippen LogP contribution in [0.25, 0.3) is 22.3 Å². The highest BCUT2D eigenvalue weighted by Gasteiger charge is 2.16. The van der Waals surface area contributed by atoms with Gasteiger partial charge in [0.2, 0.25) is 0 Å². The van der Waals surface area contributed by atoms with Gasteiger partial charge in [-0.05, 0) is 37.3 Å². The summed E-state index contributed by atoms with van der Waals surface area (Å²) in [7, 11) is 1.53. The van der Waals surface area contributed by atoms with Gasteiger partial charge in [-0.25, -0.2) is 9.78 Å². The third-order valence-electron chi connectivity index (χ3n) is 3.69. The van der Waals surface area contributed by atoms with Gasteiger partial charge >= 0.3 is 5.97 Å². The van der Waals surface area contributed by atoms with Crippen molar-refractivity contribution in [3.63, 3.8) is 0 Å². The molecule has 0 saturated carbocycles. The molecule has 0 spiro atoms. The summed E-state index contributed by atoms with van der Waals surface area (Å²) < 4.78 is 11.0. The van der Waals surface area contributed by atoms with Crippen molar-refractivity contribution in [1.29, 1.82) is 0 Å². The minimum Gasteiger partial charge on any atom is -0.493 e. The van der Waals surface area contributed by atoms with E-state index in [9.17, 15) is 9.59 Å². The fraction of sp³-hybridized carbons (Fsp3) is 0.167. The summed E-state index contributed by atoms with van der Waals surface area (Å²) in [5.74, 6) is 0.236. The molecule has 0 fully saturated rings. The van der Waals surface area contributed by atoms with E-state index in [0.29, 0.717) is 35.0 Å². The fourth-order valence-electron chi connectivity index (χ4n) is 2.56. The molecule has 25 heavy (non-hydrogen) atoms. The number of hydrogen-bond acceptors (Lipinski definition) is 5. The standard InChI is InChI=1S/C18H16N2O5/c1-3-25-15-11(5-4-6-14(15)24-2)16-19-13-8-7-10(18(22)23)9-12(13)17(21)20-16/h4-9H,3H2,1-2H3,(H,22,23)(H,19,20,21). The summed E-state index contributed by atoms with van der Waals surface area (Å²) in [5, 5.41) is 9.27. The normalized spacial score (nSPS) is 10.6. The van der Waals surface area contributed by atoms with Crippen molar-refractivity contribution < 1.29 is 19.4 Å². The Hall–Kier alpha value is -3.35. The second-order valence-corrected chi connectivity index (χ2v) is 5.22. The van der Waals surface area contributed by atoms with Crippen LogP contribution in [0.4, 0.5) is 0 Å². The lowest BCUT2D eigenvalue weighted by atomic mass is 10.1. The van der Waals surface area contributed by atoms with Gasteiger partial charge in [-0.1, -0.05) is 6.07 Å². The quantitative estimate of drug-likeness (QED) is 0.740. The van der Waals surface area contributed by atoms with E-state index in [4.69, 9.17) is 14.6 Å². The predicted molar refractivity (Wildman–Crippen MR) is 92.5 cm³/mol. The number of carboxylic acid groups (broad SMARTS) is 1. The number of aromatic carboxylic acids is 1. The number of nitrogens with zero attached hydrogens (tertiary/aromatic N) is 1. The second-order valence-electron chi connectivity index (χ2n) is 5.22. The van der Waals surface area contributed by atoms with Crippen LogP contribution in [-0.4, -0.2) is 34.8 Å². The number of H-pyrrole nitrogens is 1. The zero-order valence-electron chi connectivity index (χ0n) is 13.7. The molecule has 0 aliphatic carbocycles. The monoisotopic (exact) mass is 340 g/mol. The van der Waals surface area contributed by atoms with Crippen LogP contribution in [-0.2, 0) is 0 Å². The molecule has 0 unspecified atom stereocenters. The average molecular weight is 340 g/mol. The Kier molecular flexibility index (Phi) is 4.38. The van der Waals surface area contributed by atoms with Gasteiger partial charge in [0.15, 0.2) is 11.5 Å². The van der Waals surface area contributed by atoms with Crippen LogP contribution in [0.1, 0.15) is 17.3 Å². The highest BCUT2D eigenvalue weighted by Crippen LogP contribution is 2.36. The topological polar surface area (TPSA) is 102 Å². The molecule has 1 heterocycles. The number of carbonyl (C=O) groups is 1. The molecule has 0 radical (unpaired) electrons. The Balaban J connectivity index is 2.22. The lowest BCUT2D eigenvalue weighted by Crippen LogP contribution is -2.11. The lowest BCUT2D eigenvalue weighted by Gasteiger charge is -2.13. The van der Waals surface area contributed by atoms with E-state index < -0.39 is 11.5 Å². The van der Waals surface area contributed by atoms with Crippen molar-refractivity contribution in [2.75, 3.05) is 13.7 Å². The molecular formula is C18H16N2O5. The molecule has 0 aliphatic rings. The predicted octanol–water partition coefficient (Wildman–Crippen LogP) is 2.70. The van der Waals surface area contributed by atoms with Gasteiger partial charge in [0.1, 0.15) is 5.82 Å². The van der Waals surface area contributed by atoms with Crippen molar-refractivity contribution in [2.45, 2.75) is 6.92 Å². The van der Waals surface area contributed by atoms with Crippen molar-refractivity contribution in [2.24, 2.45) is 0 Å². The van der Waals surface area contributed by atoms with Crippen LogP contribution >= 0.6 is 0 Å². The number of rotatable bonds is 5. The number of aromatic amines is 1. The summed E-state index contributed by atoms with van der Waals surface area (Å²) in [6, 6.07) is 9.53. The van der Waals surface area contributed by atoms with E-state index in [1.165, 1.54) is 25.3 Å². The van der Waals surface area contributed by atoms with E-state index in [0.717, 1.165) is 0 Å². The summed E-state index contributed by atoms with van der Waals surface area (Å²) in [6.45, 7) is 2.27. The third-order valence-corrected chi connectivity index (χ3v) is 3.69. The van der Waals surface area contributed by atoms with Crippen molar-refractivity contribution >= 4 is 16.9 Å². The largest absolute Gasteiger partial charge is 0.493 e. The summed E-state index contributed by atoms with van der Waals surface area (Å²) in [5.41, 5.74) is 0.592. The van der Waals surface area contributed by atoms with Gasteiger partial charge in [-0.2, -0.15) is 0 Å². The van der Waals surface area contributed by atoms with Crippen molar-refractivity contribution in [1.82, 2.24) is 9.97 Å². The number of fused-ring (bicyclic) bond motifs is 1. The number of ether oxygens (including phenoxy) is 2. The van der Waals surface area contributed by atoms with E-state index in [1.807, 2.05) is 6.92 Å². The van der Waals surface area contributed by atoms with Crippen LogP contribution < -0.4 is 15.0 Å². The Bertz CT molecular complexity index is 1010. The second kappa shape index (κ2) is 6.64. The molecule has 0 bridgehead atoms. The number of benzene rings is 2. The van der Waals surface area contributed by atoms with Crippen molar-refractivity contribution in [3.05, 3.63) is 52.3 Å². The summed E-state index contributed by atoms with van der Waals surface area (Å²) >= 11 is 0. The van der Waals surface area contributed by atoms with Gasteiger partial charge in [0.05, 0.1) is 35.7 Å². The molecule has 0 atom stereocenters. The highest BCUT2D eigenvalue weighted by atomic mass is 16.5. The summed E-state index contributed by atoms with van der Waals surface area (Å²) in [4.78, 5) is 30.6. The third kappa shape index (κ3) is 3.03. The molecule has 3 aromatic rings. The maximum absolute atomic E-state index is 12.4. The molecule has 1 aromatic heterocycles. The fourth-order valence-corrected chi connectivity index (χ4v) is 2.56. The first-order chi connectivity index (χ1) is 12.0. The van der Waals surface area contributed by atoms with Crippen LogP contribution in [0, 0.1) is 0 Å². The average Bonchev–Trinajstić information content (AvgIpc) is 2.61. The van der Waals surface area contributed by atoms with E-state index >= 15 is 0 Å². The smallest absolute Gasteiger partial charge is 0.335 e. The maximum atomic E-state index is 12.4. The minimum absolute atomic E-state index is 0.0314. The highest BCUT2D eigenvalue weighted by molar-refractivity contribution is 5.93. The molecular weight excluding hydrogens is 324 g/mol. The Morgan fingerprint density at radius 2 is 2.08 bits per heavy atom. The lowest BCUT2D eigenvalue weighted by molar-refractivity contribution is 0.0697. The molecule has 2 N–H and O–H groups in total. The first-order valence-corrected chi connectivity index (χ1v) is 7.62. The number of carboxylic acids is 1. The molecule has 0 amide bonds. The van der Waals surface area contributed by atoms with E-state index in [2.05, 4.69) is 9.97 Å². The Labute approximate surface area is 142 Å². The molecule has 128 valence electrons. The van der Waals surface area contributed by atoms with Gasteiger partial charge in [0.25, 0.3) is 5.56 Å². The van der Waals surface area contributed by atoms with Gasteiger partial charge in [0, 0.05) is 0 Å². The Morgan fingerprint density at radius 3 is 2.76 bits per heavy atom. The molecule has 3 rings (SSSR count). The van der Waals surface area contributed by atoms with Gasteiger partial charge in [-0.15, -0.1) is 0 Å². The SMILES string of the molecule is CCOc1c(OC)cccc1-c1nc2ccc(C(=O)O)cc2c(=O)[nH]1. The van der Waals surface area contributed by atoms with E-state index in [-0.39, 0.29) is 10.9 Å². The number of aromatic nitrogens is 2. The first-order valence-electron chi connectivity index (χ1n) is 7.62. The molecule has 7 nitrogen and oxygen atoms in total. The molecule has 2 aromatic carbocycles. The first kappa shape index (κ1) is 16.5. The Morgan fingerprint density at radius 1 is 1.28 bits per heavy atom. The number of hydrogen-bond donors (Lipinski definition) is 2. The zero-order valence-corrected chi connectivity index (χ0v) is 13.7.